The molecule has 1 aliphatic rings. The number of hydrogen-bond donors (Lipinski definition) is 0. The first kappa shape index (κ1) is 19.5. The lowest BCUT2D eigenvalue weighted by atomic mass is 10.1. The van der Waals surface area contributed by atoms with Crippen LogP contribution >= 0.6 is 11.8 Å². The minimum atomic E-state index is -0.148. The van der Waals surface area contributed by atoms with Gasteiger partial charge in [-0.1, -0.05) is 37.1 Å². The van der Waals surface area contributed by atoms with Crippen molar-refractivity contribution in [2.75, 3.05) is 19.4 Å². The Morgan fingerprint density at radius 1 is 0.852 bits per heavy atom. The monoisotopic (exact) mass is 383 g/mol. The Hall–Kier alpha value is -2.27. The van der Waals surface area contributed by atoms with Crippen molar-refractivity contribution in [3.63, 3.8) is 0 Å². The molecule has 0 atom stereocenters. The van der Waals surface area contributed by atoms with Crippen LogP contribution in [0.25, 0.3) is 0 Å². The van der Waals surface area contributed by atoms with Crippen LogP contribution in [0.1, 0.15) is 52.0 Å². The summed E-state index contributed by atoms with van der Waals surface area (Å²) in [5, 5.41) is 0. The summed E-state index contributed by atoms with van der Waals surface area (Å²) < 4.78 is 5.17. The maximum atomic E-state index is 12.3. The quantitative estimate of drug-likeness (QED) is 0.437. The fourth-order valence-electron chi connectivity index (χ4n) is 3.18. The molecule has 2 aromatic rings. The lowest BCUT2D eigenvalue weighted by Gasteiger charge is -2.13. The number of ether oxygens (including phenoxy) is 1. The molecule has 5 heteroatoms. The Bertz CT molecular complexity index is 753. The van der Waals surface area contributed by atoms with Crippen molar-refractivity contribution in [2.45, 2.75) is 31.4 Å². The second kappa shape index (κ2) is 9.60. The number of nitrogens with zero attached hydrogens (tertiary/aromatic N) is 1. The average Bonchev–Trinajstić information content (AvgIpc) is 2.95. The van der Waals surface area contributed by atoms with Gasteiger partial charge in [0, 0.05) is 12.3 Å². The molecule has 0 bridgehead atoms. The first-order valence-corrected chi connectivity index (χ1v) is 10.5. The molecular formula is C22H25NO3S. The van der Waals surface area contributed by atoms with Crippen LogP contribution < -0.4 is 4.74 Å². The molecule has 2 amide bonds. The Balaban J connectivity index is 1.28. The SMILES string of the molecule is COc1ccc(CSCCCCCCN2C(=O)c3ccccc3C2=O)cc1. The van der Waals surface area contributed by atoms with E-state index < -0.39 is 0 Å². The number of unbranched alkanes of at least 4 members (excludes halogenated alkanes) is 3. The maximum Gasteiger partial charge on any atom is 0.261 e. The van der Waals surface area contributed by atoms with E-state index in [1.807, 2.05) is 23.9 Å². The number of hydrogen-bond acceptors (Lipinski definition) is 4. The van der Waals surface area contributed by atoms with Crippen LogP contribution in [0.4, 0.5) is 0 Å². The van der Waals surface area contributed by atoms with Crippen molar-refractivity contribution in [3.05, 3.63) is 65.2 Å². The average molecular weight is 384 g/mol. The van der Waals surface area contributed by atoms with E-state index in [-0.39, 0.29) is 11.8 Å². The second-order valence-corrected chi connectivity index (χ2v) is 7.73. The van der Waals surface area contributed by atoms with E-state index in [4.69, 9.17) is 4.74 Å². The number of imide groups is 1. The molecule has 0 saturated carbocycles. The third kappa shape index (κ3) is 4.92. The van der Waals surface area contributed by atoms with Gasteiger partial charge in [0.05, 0.1) is 18.2 Å². The first-order chi connectivity index (χ1) is 13.2. The highest BCUT2D eigenvalue weighted by molar-refractivity contribution is 7.98. The number of amides is 2. The molecule has 0 N–H and O–H groups in total. The van der Waals surface area contributed by atoms with E-state index in [1.165, 1.54) is 10.5 Å². The smallest absolute Gasteiger partial charge is 0.261 e. The summed E-state index contributed by atoms with van der Waals surface area (Å²) in [6.07, 6.45) is 4.19. The second-order valence-electron chi connectivity index (χ2n) is 6.62. The van der Waals surface area contributed by atoms with E-state index >= 15 is 0 Å². The number of rotatable bonds is 10. The molecule has 0 saturated heterocycles. The van der Waals surface area contributed by atoms with Crippen molar-refractivity contribution in [2.24, 2.45) is 0 Å². The highest BCUT2D eigenvalue weighted by Gasteiger charge is 2.34. The molecule has 27 heavy (non-hydrogen) atoms. The normalized spacial score (nSPS) is 13.1. The van der Waals surface area contributed by atoms with Gasteiger partial charge in [0.1, 0.15) is 5.75 Å². The van der Waals surface area contributed by atoms with Crippen molar-refractivity contribution in [1.29, 1.82) is 0 Å². The molecular weight excluding hydrogens is 358 g/mol. The van der Waals surface area contributed by atoms with Gasteiger partial charge in [-0.3, -0.25) is 14.5 Å². The number of methoxy groups -OCH3 is 1. The van der Waals surface area contributed by atoms with Gasteiger partial charge in [-0.05, 0) is 48.4 Å². The molecule has 0 unspecified atom stereocenters. The largest absolute Gasteiger partial charge is 0.497 e. The van der Waals surface area contributed by atoms with Gasteiger partial charge in [0.25, 0.3) is 11.8 Å². The summed E-state index contributed by atoms with van der Waals surface area (Å²) in [7, 11) is 1.68. The third-order valence-electron chi connectivity index (χ3n) is 4.73. The van der Waals surface area contributed by atoms with Gasteiger partial charge >= 0.3 is 0 Å². The van der Waals surface area contributed by atoms with Crippen LogP contribution in [0.15, 0.2) is 48.5 Å². The topological polar surface area (TPSA) is 46.6 Å². The molecule has 0 radical (unpaired) electrons. The fraction of sp³-hybridized carbons (Fsp3) is 0.364. The van der Waals surface area contributed by atoms with Gasteiger partial charge in [-0.15, -0.1) is 0 Å². The molecule has 142 valence electrons. The van der Waals surface area contributed by atoms with Crippen LogP contribution in [0.5, 0.6) is 5.75 Å². The molecule has 1 aliphatic heterocycles. The van der Waals surface area contributed by atoms with Crippen molar-refractivity contribution >= 4 is 23.6 Å². The van der Waals surface area contributed by atoms with Crippen LogP contribution in [0.3, 0.4) is 0 Å². The van der Waals surface area contributed by atoms with Crippen LogP contribution in [0.2, 0.25) is 0 Å². The molecule has 4 nitrogen and oxygen atoms in total. The molecule has 1 heterocycles. The number of fused-ring (bicyclic) bond motifs is 1. The Morgan fingerprint density at radius 3 is 2.11 bits per heavy atom. The minimum absolute atomic E-state index is 0.148. The van der Waals surface area contributed by atoms with Gasteiger partial charge in [0.15, 0.2) is 0 Å². The molecule has 0 fully saturated rings. The predicted octanol–water partition coefficient (Wildman–Crippen LogP) is 4.79. The number of thioether (sulfide) groups is 1. The first-order valence-electron chi connectivity index (χ1n) is 9.36. The summed E-state index contributed by atoms with van der Waals surface area (Å²) >= 11 is 1.94. The van der Waals surface area contributed by atoms with E-state index in [9.17, 15) is 9.59 Å². The van der Waals surface area contributed by atoms with Gasteiger partial charge in [0.2, 0.25) is 0 Å². The fourth-order valence-corrected chi connectivity index (χ4v) is 4.16. The third-order valence-corrected chi connectivity index (χ3v) is 5.84. The van der Waals surface area contributed by atoms with Crippen LogP contribution in [-0.2, 0) is 5.75 Å². The van der Waals surface area contributed by atoms with E-state index in [1.54, 1.807) is 31.4 Å². The minimum Gasteiger partial charge on any atom is -0.497 e. The van der Waals surface area contributed by atoms with Crippen molar-refractivity contribution < 1.29 is 14.3 Å². The Morgan fingerprint density at radius 2 is 1.48 bits per heavy atom. The number of carbonyl (C=O) groups is 2. The summed E-state index contributed by atoms with van der Waals surface area (Å²) in [5.74, 6) is 2.73. The van der Waals surface area contributed by atoms with Gasteiger partial charge < -0.3 is 4.74 Å². The van der Waals surface area contributed by atoms with Gasteiger partial charge in [-0.2, -0.15) is 11.8 Å². The van der Waals surface area contributed by atoms with Gasteiger partial charge in [-0.25, -0.2) is 0 Å². The van der Waals surface area contributed by atoms with Crippen LogP contribution in [-0.4, -0.2) is 36.1 Å². The molecule has 0 aromatic heterocycles. The highest BCUT2D eigenvalue weighted by Crippen LogP contribution is 2.23. The number of carbonyl (C=O) groups excluding carboxylic acids is 2. The zero-order valence-electron chi connectivity index (χ0n) is 15.6. The molecule has 0 spiro atoms. The summed E-state index contributed by atoms with van der Waals surface area (Å²) in [6.45, 7) is 0.519. The highest BCUT2D eigenvalue weighted by atomic mass is 32.2. The zero-order valence-corrected chi connectivity index (χ0v) is 16.5. The molecule has 3 rings (SSSR count). The summed E-state index contributed by atoms with van der Waals surface area (Å²) in [5.41, 5.74) is 2.39. The van der Waals surface area contributed by atoms with E-state index in [0.29, 0.717) is 17.7 Å². The molecule has 0 aliphatic carbocycles. The van der Waals surface area contributed by atoms with Crippen molar-refractivity contribution in [3.8, 4) is 5.75 Å². The maximum absolute atomic E-state index is 12.3. The number of benzene rings is 2. The summed E-state index contributed by atoms with van der Waals surface area (Å²) in [6, 6.07) is 15.3. The zero-order chi connectivity index (χ0) is 19.1. The van der Waals surface area contributed by atoms with Crippen LogP contribution in [0, 0.1) is 0 Å². The lowest BCUT2D eigenvalue weighted by molar-refractivity contribution is 0.0651. The Kier molecular flexibility index (Phi) is 6.93. The predicted molar refractivity (Wildman–Crippen MR) is 109 cm³/mol. The van der Waals surface area contributed by atoms with E-state index in [2.05, 4.69) is 12.1 Å². The lowest BCUT2D eigenvalue weighted by Crippen LogP contribution is -2.30. The molecule has 2 aromatic carbocycles. The standard InChI is InChI=1S/C22H25NO3S/c1-26-18-12-10-17(11-13-18)16-27-15-7-3-2-6-14-23-21(24)19-8-4-5-9-20(19)22(23)25/h4-5,8-13H,2-3,6-7,14-16H2,1H3. The summed E-state index contributed by atoms with van der Waals surface area (Å²) in [4.78, 5) is 26.0. The Labute approximate surface area is 164 Å². The van der Waals surface area contributed by atoms with E-state index in [0.717, 1.165) is 42.9 Å². The van der Waals surface area contributed by atoms with Crippen molar-refractivity contribution in [1.82, 2.24) is 4.90 Å².